The van der Waals surface area contributed by atoms with Crippen LogP contribution in [0.4, 0.5) is 4.79 Å². The molecule has 0 aromatic heterocycles. The normalized spacial score (nSPS) is 23.4. The molecule has 1 aliphatic carbocycles. The van der Waals surface area contributed by atoms with Crippen molar-refractivity contribution in [2.45, 2.75) is 43.9 Å². The maximum atomic E-state index is 11.7. The number of hydrogen-bond acceptors (Lipinski definition) is 4. The van der Waals surface area contributed by atoms with Crippen molar-refractivity contribution in [2.24, 2.45) is 5.92 Å². The number of carbonyl (C=O) groups is 2. The molecule has 116 valence electrons. The van der Waals surface area contributed by atoms with E-state index in [9.17, 15) is 18.0 Å². The highest BCUT2D eigenvalue weighted by Gasteiger charge is 2.35. The molecule has 1 fully saturated rings. The molecule has 2 amide bonds. The fourth-order valence-corrected chi connectivity index (χ4v) is 2.41. The molecule has 8 heteroatoms. The van der Waals surface area contributed by atoms with Crippen molar-refractivity contribution >= 4 is 21.8 Å². The van der Waals surface area contributed by atoms with Crippen LogP contribution < -0.4 is 10.6 Å². The lowest BCUT2D eigenvalue weighted by atomic mass is 10.0. The van der Waals surface area contributed by atoms with Crippen LogP contribution in [0, 0.1) is 5.92 Å². The average molecular weight is 306 g/mol. The summed E-state index contributed by atoms with van der Waals surface area (Å²) in [5.41, 5.74) is 0. The van der Waals surface area contributed by atoms with Crippen LogP contribution in [0.25, 0.3) is 0 Å². The van der Waals surface area contributed by atoms with Gasteiger partial charge in [-0.25, -0.2) is 13.2 Å². The molecule has 0 spiro atoms. The van der Waals surface area contributed by atoms with Crippen LogP contribution in [-0.4, -0.2) is 49.1 Å². The maximum absolute atomic E-state index is 11.7. The van der Waals surface area contributed by atoms with Gasteiger partial charge in [0.25, 0.3) is 0 Å². The van der Waals surface area contributed by atoms with Gasteiger partial charge >= 0.3 is 12.0 Å². The van der Waals surface area contributed by atoms with Crippen molar-refractivity contribution in [3.8, 4) is 0 Å². The van der Waals surface area contributed by atoms with Crippen molar-refractivity contribution in [2.75, 3.05) is 12.8 Å². The predicted octanol–water partition coefficient (Wildman–Crippen LogP) is 0.362. The minimum absolute atomic E-state index is 0.0257. The average Bonchev–Trinajstić information content (AvgIpc) is 2.73. The van der Waals surface area contributed by atoms with Gasteiger partial charge in [-0.15, -0.1) is 0 Å². The number of aliphatic carboxylic acids is 1. The van der Waals surface area contributed by atoms with Gasteiger partial charge in [-0.3, -0.25) is 4.79 Å². The molecule has 0 radical (unpaired) electrons. The smallest absolute Gasteiger partial charge is 0.315 e. The predicted molar refractivity (Wildman–Crippen MR) is 74.2 cm³/mol. The summed E-state index contributed by atoms with van der Waals surface area (Å²) in [6.07, 6.45) is 3.05. The second-order valence-corrected chi connectivity index (χ2v) is 8.49. The van der Waals surface area contributed by atoms with Crippen molar-refractivity contribution in [1.82, 2.24) is 10.6 Å². The van der Waals surface area contributed by atoms with Crippen LogP contribution >= 0.6 is 0 Å². The van der Waals surface area contributed by atoms with E-state index in [2.05, 4.69) is 10.6 Å². The van der Waals surface area contributed by atoms with Gasteiger partial charge in [0.1, 0.15) is 0 Å². The summed E-state index contributed by atoms with van der Waals surface area (Å²) in [4.78, 5) is 22.7. The third-order valence-electron chi connectivity index (χ3n) is 3.83. The Hall–Kier alpha value is -1.31. The van der Waals surface area contributed by atoms with Crippen LogP contribution in [0.2, 0.25) is 0 Å². The first-order chi connectivity index (χ1) is 9.04. The van der Waals surface area contributed by atoms with E-state index in [1.54, 1.807) is 0 Å². The molecule has 1 saturated carbocycles. The van der Waals surface area contributed by atoms with E-state index in [1.807, 2.05) is 0 Å². The summed E-state index contributed by atoms with van der Waals surface area (Å²) < 4.78 is 21.9. The largest absolute Gasteiger partial charge is 0.481 e. The lowest BCUT2D eigenvalue weighted by Crippen LogP contribution is -2.50. The van der Waals surface area contributed by atoms with Gasteiger partial charge in [-0.1, -0.05) is 6.42 Å². The molecule has 0 saturated heterocycles. The van der Waals surface area contributed by atoms with Crippen molar-refractivity contribution in [3.05, 3.63) is 0 Å². The van der Waals surface area contributed by atoms with Gasteiger partial charge in [0.15, 0.2) is 9.84 Å². The Balaban J connectivity index is 2.51. The summed E-state index contributed by atoms with van der Waals surface area (Å²) >= 11 is 0. The minimum Gasteiger partial charge on any atom is -0.481 e. The standard InChI is InChI=1S/C12H22N2O5S/c1-12(2,20(3,18)19)7-13-11(17)14-9-6-4-5-8(9)10(15)16/h8-9H,4-7H2,1-3H3,(H,15,16)(H2,13,14,17). The highest BCUT2D eigenvalue weighted by Crippen LogP contribution is 2.25. The number of rotatable bonds is 5. The minimum atomic E-state index is -3.29. The quantitative estimate of drug-likeness (QED) is 0.679. The first kappa shape index (κ1) is 16.7. The summed E-state index contributed by atoms with van der Waals surface area (Å²) in [6.45, 7) is 3.03. The number of amides is 2. The van der Waals surface area contributed by atoms with E-state index in [-0.39, 0.29) is 6.54 Å². The Labute approximate surface area is 119 Å². The fourth-order valence-electron chi connectivity index (χ4n) is 2.07. The second kappa shape index (κ2) is 5.99. The van der Waals surface area contributed by atoms with Crippen molar-refractivity contribution < 1.29 is 23.1 Å². The molecule has 7 nitrogen and oxygen atoms in total. The van der Waals surface area contributed by atoms with Gasteiger partial charge in [0.05, 0.1) is 10.7 Å². The number of nitrogens with one attached hydrogen (secondary N) is 2. The molecule has 0 aromatic carbocycles. The maximum Gasteiger partial charge on any atom is 0.315 e. The molecule has 1 rings (SSSR count). The molecule has 20 heavy (non-hydrogen) atoms. The molecule has 0 heterocycles. The third-order valence-corrected chi connectivity index (χ3v) is 5.98. The molecule has 0 aliphatic heterocycles. The second-order valence-electron chi connectivity index (χ2n) is 5.84. The zero-order valence-corrected chi connectivity index (χ0v) is 12.8. The summed E-state index contributed by atoms with van der Waals surface area (Å²) in [6, 6.07) is -0.922. The zero-order chi connectivity index (χ0) is 15.6. The monoisotopic (exact) mass is 306 g/mol. The van der Waals surface area contributed by atoms with Gasteiger partial charge < -0.3 is 15.7 Å². The Kier molecular flexibility index (Phi) is 5.01. The van der Waals surface area contributed by atoms with Gasteiger partial charge in [-0.2, -0.15) is 0 Å². The molecular weight excluding hydrogens is 284 g/mol. The molecule has 2 unspecified atom stereocenters. The summed E-state index contributed by atoms with van der Waals surface area (Å²) in [5.74, 6) is -1.48. The molecule has 1 aliphatic rings. The number of carbonyl (C=O) groups excluding carboxylic acids is 1. The van der Waals surface area contributed by atoms with Crippen molar-refractivity contribution in [1.29, 1.82) is 0 Å². The lowest BCUT2D eigenvalue weighted by Gasteiger charge is -2.24. The Morgan fingerprint density at radius 3 is 2.40 bits per heavy atom. The van der Waals surface area contributed by atoms with E-state index in [4.69, 9.17) is 5.11 Å². The third kappa shape index (κ3) is 4.09. The number of carboxylic acids is 1. The van der Waals surface area contributed by atoms with E-state index in [0.717, 1.165) is 12.7 Å². The molecule has 3 N–H and O–H groups in total. The number of urea groups is 1. The van der Waals surface area contributed by atoms with Crippen LogP contribution in [0.3, 0.4) is 0 Å². The highest BCUT2D eigenvalue weighted by atomic mass is 32.2. The topological polar surface area (TPSA) is 113 Å². The van der Waals surface area contributed by atoms with E-state index in [0.29, 0.717) is 12.8 Å². The molecule has 0 bridgehead atoms. The van der Waals surface area contributed by atoms with Crippen LogP contribution in [0.5, 0.6) is 0 Å². The molecule has 2 atom stereocenters. The number of hydrogen-bond donors (Lipinski definition) is 3. The highest BCUT2D eigenvalue weighted by molar-refractivity contribution is 7.92. The van der Waals surface area contributed by atoms with Crippen LogP contribution in [0.1, 0.15) is 33.1 Å². The lowest BCUT2D eigenvalue weighted by molar-refractivity contribution is -0.142. The SMILES string of the molecule is CC(C)(CNC(=O)NC1CCCC1C(=O)O)S(C)(=O)=O. The summed E-state index contributed by atoms with van der Waals surface area (Å²) in [7, 11) is -3.29. The molecular formula is C12H22N2O5S. The van der Waals surface area contributed by atoms with E-state index >= 15 is 0 Å². The first-order valence-corrected chi connectivity index (χ1v) is 8.40. The Morgan fingerprint density at radius 2 is 1.90 bits per heavy atom. The van der Waals surface area contributed by atoms with E-state index < -0.39 is 38.5 Å². The van der Waals surface area contributed by atoms with Crippen LogP contribution in [-0.2, 0) is 14.6 Å². The first-order valence-electron chi connectivity index (χ1n) is 6.51. The fraction of sp³-hybridized carbons (Fsp3) is 0.833. The Bertz CT molecular complexity index is 486. The van der Waals surface area contributed by atoms with Gasteiger partial charge in [0.2, 0.25) is 0 Å². The number of carboxylic acid groups (broad SMARTS) is 1. The van der Waals surface area contributed by atoms with E-state index in [1.165, 1.54) is 13.8 Å². The zero-order valence-electron chi connectivity index (χ0n) is 12.0. The number of sulfone groups is 1. The Morgan fingerprint density at radius 1 is 1.30 bits per heavy atom. The molecule has 0 aromatic rings. The van der Waals surface area contributed by atoms with Gasteiger partial charge in [-0.05, 0) is 26.7 Å². The van der Waals surface area contributed by atoms with Crippen LogP contribution in [0.15, 0.2) is 0 Å². The van der Waals surface area contributed by atoms with Gasteiger partial charge in [0, 0.05) is 18.8 Å². The van der Waals surface area contributed by atoms with Crippen molar-refractivity contribution in [3.63, 3.8) is 0 Å². The summed E-state index contributed by atoms with van der Waals surface area (Å²) in [5, 5.41) is 14.1.